The molecule has 0 saturated heterocycles. The van der Waals surface area contributed by atoms with Crippen LogP contribution in [0.5, 0.6) is 0 Å². The van der Waals surface area contributed by atoms with Gasteiger partial charge in [0, 0.05) is 33.1 Å². The predicted molar refractivity (Wildman–Crippen MR) is 128 cm³/mol. The van der Waals surface area contributed by atoms with E-state index >= 15 is 0 Å². The summed E-state index contributed by atoms with van der Waals surface area (Å²) in [7, 11) is 0. The molecule has 1 N–H and O–H groups in total. The minimum atomic E-state index is -0.316. The molecule has 4 rings (SSSR count). The molecule has 2 aromatic heterocycles. The number of thiazole rings is 1. The van der Waals surface area contributed by atoms with Gasteiger partial charge in [-0.1, -0.05) is 52.5 Å². The number of hydrogen-bond acceptors (Lipinski definition) is 4. The van der Waals surface area contributed by atoms with Crippen LogP contribution in [0, 0.1) is 6.92 Å². The first-order valence-electron chi connectivity index (χ1n) is 9.06. The molecule has 0 fully saturated rings. The zero-order valence-corrected chi connectivity index (χ0v) is 19.8. The molecule has 2 heterocycles. The van der Waals surface area contributed by atoms with E-state index in [2.05, 4.69) is 10.3 Å². The number of rotatable bonds is 5. The first kappa shape index (κ1) is 22.2. The number of nitrogens with zero attached hydrogens (tertiary/aromatic N) is 1. The Balaban J connectivity index is 1.50. The summed E-state index contributed by atoms with van der Waals surface area (Å²) in [4.78, 5) is 18.0. The molecule has 0 unspecified atom stereocenters. The van der Waals surface area contributed by atoms with Crippen LogP contribution in [0.25, 0.3) is 11.3 Å². The highest BCUT2D eigenvalue weighted by Crippen LogP contribution is 2.32. The molecule has 4 aromatic rings. The lowest BCUT2D eigenvalue weighted by atomic mass is 10.1. The van der Waals surface area contributed by atoms with Crippen molar-refractivity contribution in [2.24, 2.45) is 0 Å². The molecule has 9 heteroatoms. The molecule has 0 aliphatic carbocycles. The van der Waals surface area contributed by atoms with Gasteiger partial charge in [0.2, 0.25) is 0 Å². The van der Waals surface area contributed by atoms with Crippen molar-refractivity contribution in [1.29, 1.82) is 0 Å². The summed E-state index contributed by atoms with van der Waals surface area (Å²) >= 11 is 25.9. The van der Waals surface area contributed by atoms with Crippen molar-refractivity contribution >= 4 is 68.8 Å². The first-order valence-corrected chi connectivity index (χ1v) is 11.4. The predicted octanol–water partition coefficient (Wildman–Crippen LogP) is 8.17. The van der Waals surface area contributed by atoms with Crippen LogP contribution >= 0.6 is 57.7 Å². The number of amides is 1. The van der Waals surface area contributed by atoms with Gasteiger partial charge >= 0.3 is 0 Å². The van der Waals surface area contributed by atoms with E-state index in [-0.39, 0.29) is 5.91 Å². The van der Waals surface area contributed by atoms with Crippen molar-refractivity contribution in [3.8, 4) is 11.3 Å². The Labute approximate surface area is 202 Å². The van der Waals surface area contributed by atoms with Gasteiger partial charge in [0.1, 0.15) is 11.5 Å². The van der Waals surface area contributed by atoms with Gasteiger partial charge < -0.3 is 4.42 Å². The van der Waals surface area contributed by atoms with Crippen LogP contribution in [0.2, 0.25) is 20.1 Å². The van der Waals surface area contributed by atoms with Crippen LogP contribution in [-0.4, -0.2) is 10.9 Å². The molecule has 0 spiro atoms. The molecular formula is C22H14Cl4N2O2S. The Kier molecular flexibility index (Phi) is 6.60. The van der Waals surface area contributed by atoms with E-state index in [0.29, 0.717) is 48.7 Å². The van der Waals surface area contributed by atoms with Crippen molar-refractivity contribution in [1.82, 2.24) is 4.98 Å². The van der Waals surface area contributed by atoms with Crippen molar-refractivity contribution in [3.63, 3.8) is 0 Å². The van der Waals surface area contributed by atoms with Crippen LogP contribution in [0.15, 0.2) is 53.1 Å². The van der Waals surface area contributed by atoms with E-state index in [1.165, 1.54) is 11.3 Å². The number of aromatic nitrogens is 1. The van der Waals surface area contributed by atoms with Crippen LogP contribution in [0.4, 0.5) is 5.13 Å². The average Bonchev–Trinajstić information content (AvgIpc) is 3.33. The summed E-state index contributed by atoms with van der Waals surface area (Å²) in [6, 6.07) is 12.2. The largest absolute Gasteiger partial charge is 0.461 e. The molecule has 1 amide bonds. The topological polar surface area (TPSA) is 55.1 Å². The molecule has 0 aliphatic heterocycles. The highest BCUT2D eigenvalue weighted by molar-refractivity contribution is 7.15. The first-order chi connectivity index (χ1) is 14.8. The van der Waals surface area contributed by atoms with Gasteiger partial charge in [-0.3, -0.25) is 10.1 Å². The van der Waals surface area contributed by atoms with Crippen LogP contribution in [0.1, 0.15) is 26.6 Å². The number of halogens is 4. The van der Waals surface area contributed by atoms with Crippen molar-refractivity contribution in [2.75, 3.05) is 5.32 Å². The van der Waals surface area contributed by atoms with E-state index in [1.807, 2.05) is 0 Å². The molecule has 0 radical (unpaired) electrons. The summed E-state index contributed by atoms with van der Waals surface area (Å²) in [5.41, 5.74) is 1.96. The number of hydrogen-bond donors (Lipinski definition) is 1. The third kappa shape index (κ3) is 4.92. The zero-order valence-electron chi connectivity index (χ0n) is 16.0. The number of aryl methyl sites for hydroxylation is 1. The second-order valence-corrected chi connectivity index (χ2v) is 9.42. The van der Waals surface area contributed by atoms with Gasteiger partial charge in [-0.15, -0.1) is 11.3 Å². The van der Waals surface area contributed by atoms with Gasteiger partial charge in [0.15, 0.2) is 5.13 Å². The van der Waals surface area contributed by atoms with Crippen LogP contribution in [0.3, 0.4) is 0 Å². The lowest BCUT2D eigenvalue weighted by molar-refractivity contribution is 0.102. The van der Waals surface area contributed by atoms with E-state index in [0.717, 1.165) is 16.0 Å². The second-order valence-electron chi connectivity index (χ2n) is 6.67. The number of benzene rings is 2. The van der Waals surface area contributed by atoms with E-state index in [4.69, 9.17) is 50.8 Å². The lowest BCUT2D eigenvalue weighted by Gasteiger charge is -2.04. The van der Waals surface area contributed by atoms with Crippen LogP contribution in [-0.2, 0) is 6.42 Å². The fraction of sp³-hybridized carbons (Fsp3) is 0.0909. The van der Waals surface area contributed by atoms with Crippen LogP contribution < -0.4 is 5.32 Å². The summed E-state index contributed by atoms with van der Waals surface area (Å²) in [6.07, 6.45) is 2.22. The number of carbonyl (C=O) groups is 1. The number of nitrogens with one attached hydrogen (secondary N) is 1. The Morgan fingerprint density at radius 3 is 2.48 bits per heavy atom. The van der Waals surface area contributed by atoms with E-state index in [9.17, 15) is 4.79 Å². The van der Waals surface area contributed by atoms with Crippen molar-refractivity contribution in [3.05, 3.63) is 90.5 Å². The van der Waals surface area contributed by atoms with E-state index < -0.39 is 0 Å². The van der Waals surface area contributed by atoms with Gasteiger partial charge in [0.25, 0.3) is 5.91 Å². The maximum absolute atomic E-state index is 12.8. The molecule has 31 heavy (non-hydrogen) atoms. The molecule has 2 aromatic carbocycles. The highest BCUT2D eigenvalue weighted by Gasteiger charge is 2.18. The van der Waals surface area contributed by atoms with Crippen molar-refractivity contribution < 1.29 is 9.21 Å². The smallest absolute Gasteiger partial charge is 0.261 e. The average molecular weight is 512 g/mol. The fourth-order valence-corrected chi connectivity index (χ4v) is 4.63. The quantitative estimate of drug-likeness (QED) is 0.294. The van der Waals surface area contributed by atoms with Gasteiger partial charge in [-0.25, -0.2) is 4.98 Å². The summed E-state index contributed by atoms with van der Waals surface area (Å²) in [5, 5.41) is 5.33. The van der Waals surface area contributed by atoms with E-state index in [1.54, 1.807) is 55.6 Å². The minimum Gasteiger partial charge on any atom is -0.461 e. The van der Waals surface area contributed by atoms with Crippen molar-refractivity contribution in [2.45, 2.75) is 13.3 Å². The van der Waals surface area contributed by atoms with Gasteiger partial charge in [-0.05, 0) is 48.9 Å². The van der Waals surface area contributed by atoms with Gasteiger partial charge in [0.05, 0.1) is 15.6 Å². The standard InChI is InChI=1S/C22H14Cl4N2O2S/c1-11-14(9-20(30-11)12-5-6-18(25)19(26)7-12)21(29)28-22-27-10-13(31-22)8-15-16(23)3-2-4-17(15)24/h2-7,9-10H,8H2,1H3,(H,27,28,29). The molecule has 158 valence electrons. The molecule has 0 bridgehead atoms. The number of carbonyl (C=O) groups excluding carboxylic acids is 1. The Hall–Kier alpha value is -2.02. The fourth-order valence-electron chi connectivity index (χ4n) is 2.99. The zero-order chi connectivity index (χ0) is 22.1. The third-order valence-electron chi connectivity index (χ3n) is 4.55. The minimum absolute atomic E-state index is 0.316. The lowest BCUT2D eigenvalue weighted by Crippen LogP contribution is -2.11. The number of anilines is 1. The Bertz CT molecular complexity index is 1260. The van der Waals surface area contributed by atoms with Gasteiger partial charge in [-0.2, -0.15) is 0 Å². The number of furan rings is 1. The summed E-state index contributed by atoms with van der Waals surface area (Å²) in [5.74, 6) is 0.692. The summed E-state index contributed by atoms with van der Waals surface area (Å²) in [6.45, 7) is 1.72. The molecule has 0 saturated carbocycles. The Morgan fingerprint density at radius 1 is 1.03 bits per heavy atom. The SMILES string of the molecule is Cc1oc(-c2ccc(Cl)c(Cl)c2)cc1C(=O)Nc1ncc(Cc2c(Cl)cccc2Cl)s1. The molecule has 4 nitrogen and oxygen atoms in total. The molecular weight excluding hydrogens is 498 g/mol. The normalized spacial score (nSPS) is 11.0. The summed E-state index contributed by atoms with van der Waals surface area (Å²) < 4.78 is 5.76. The maximum Gasteiger partial charge on any atom is 0.261 e. The second kappa shape index (κ2) is 9.23. The maximum atomic E-state index is 12.8. The Morgan fingerprint density at radius 2 is 1.77 bits per heavy atom. The molecule has 0 atom stereocenters. The molecule has 0 aliphatic rings. The third-order valence-corrected chi connectivity index (χ3v) is 6.91. The monoisotopic (exact) mass is 510 g/mol. The highest BCUT2D eigenvalue weighted by atomic mass is 35.5.